The molecule has 0 spiro atoms. The first-order valence-corrected chi connectivity index (χ1v) is 7.11. The van der Waals surface area contributed by atoms with Crippen molar-refractivity contribution in [3.63, 3.8) is 0 Å². The summed E-state index contributed by atoms with van der Waals surface area (Å²) < 4.78 is 0. The van der Waals surface area contributed by atoms with Crippen molar-refractivity contribution in [2.45, 2.75) is 38.5 Å². The van der Waals surface area contributed by atoms with E-state index >= 15 is 0 Å². The second-order valence-corrected chi connectivity index (χ2v) is 5.73. The fourth-order valence-electron chi connectivity index (χ4n) is 3.09. The number of carboxylic acid groups (broad SMARTS) is 1. The molecular formula is C17H19NO3. The van der Waals surface area contributed by atoms with Crippen LogP contribution in [0.3, 0.4) is 0 Å². The Morgan fingerprint density at radius 1 is 1.29 bits per heavy atom. The lowest BCUT2D eigenvalue weighted by atomic mass is 9.79. The molecule has 1 fully saturated rings. The summed E-state index contributed by atoms with van der Waals surface area (Å²) in [6, 6.07) is 7.08. The summed E-state index contributed by atoms with van der Waals surface area (Å²) in [7, 11) is 0. The van der Waals surface area contributed by atoms with Crippen LogP contribution in [-0.2, 0) is 9.59 Å². The summed E-state index contributed by atoms with van der Waals surface area (Å²) in [6.07, 6.45) is 9.23. The van der Waals surface area contributed by atoms with Gasteiger partial charge in [0.25, 0.3) is 0 Å². The van der Waals surface area contributed by atoms with E-state index in [2.05, 4.69) is 11.2 Å². The van der Waals surface area contributed by atoms with Crippen molar-refractivity contribution in [1.82, 2.24) is 0 Å². The summed E-state index contributed by atoms with van der Waals surface area (Å²) in [6.45, 7) is 0. The zero-order valence-corrected chi connectivity index (χ0v) is 11.9. The number of anilines is 1. The van der Waals surface area contributed by atoms with E-state index < -0.39 is 5.97 Å². The summed E-state index contributed by atoms with van der Waals surface area (Å²) in [5.74, 6) is 1.54. The Morgan fingerprint density at radius 2 is 2.00 bits per heavy atom. The Bertz CT molecular complexity index is 580. The topological polar surface area (TPSA) is 66.4 Å². The molecule has 1 aliphatic carbocycles. The molecule has 0 heterocycles. The van der Waals surface area contributed by atoms with E-state index in [1.165, 1.54) is 0 Å². The molecule has 1 amide bonds. The van der Waals surface area contributed by atoms with E-state index in [-0.39, 0.29) is 24.2 Å². The molecule has 21 heavy (non-hydrogen) atoms. The summed E-state index contributed by atoms with van der Waals surface area (Å²) in [5.41, 5.74) is 0.965. The fourth-order valence-corrected chi connectivity index (χ4v) is 3.09. The van der Waals surface area contributed by atoms with Gasteiger partial charge >= 0.3 is 5.97 Å². The molecule has 110 valence electrons. The van der Waals surface area contributed by atoms with Gasteiger partial charge in [0.2, 0.25) is 5.91 Å². The fraction of sp³-hybridized carbons (Fsp3) is 0.412. The van der Waals surface area contributed by atoms with E-state index in [0.717, 1.165) is 25.7 Å². The number of benzene rings is 1. The van der Waals surface area contributed by atoms with E-state index in [9.17, 15) is 9.59 Å². The van der Waals surface area contributed by atoms with E-state index in [1.54, 1.807) is 24.3 Å². The number of hydrogen-bond donors (Lipinski definition) is 2. The minimum absolute atomic E-state index is 0.0603. The molecule has 1 aliphatic rings. The van der Waals surface area contributed by atoms with Gasteiger partial charge in [-0.25, -0.2) is 0 Å². The maximum atomic E-state index is 12.2. The normalized spacial score (nSPS) is 16.1. The molecule has 4 nitrogen and oxygen atoms in total. The molecule has 0 unspecified atom stereocenters. The lowest BCUT2D eigenvalue weighted by Crippen LogP contribution is -2.27. The molecule has 1 aromatic carbocycles. The third-order valence-electron chi connectivity index (χ3n) is 4.04. The first-order valence-electron chi connectivity index (χ1n) is 7.11. The maximum Gasteiger partial charge on any atom is 0.303 e. The van der Waals surface area contributed by atoms with Gasteiger partial charge in [-0.1, -0.05) is 24.8 Å². The number of nitrogens with one attached hydrogen (secondary N) is 1. The van der Waals surface area contributed by atoms with Gasteiger partial charge in [-0.05, 0) is 36.5 Å². The number of terminal acetylenes is 1. The predicted octanol–water partition coefficient (Wildman–Crippen LogP) is 3.03. The molecule has 0 bridgehead atoms. The standard InChI is InChI=1S/C17H19NO3/c1-2-13-6-5-7-14(10-13)18-15(19)11-17(12-16(20)21)8-3-4-9-17/h1,5-7,10H,3-4,8-9,11-12H2,(H,18,19)(H,20,21). The molecule has 4 heteroatoms. The van der Waals surface area contributed by atoms with Crippen LogP contribution in [0, 0.1) is 17.8 Å². The molecule has 1 aromatic rings. The number of amides is 1. The Balaban J connectivity index is 2.02. The van der Waals surface area contributed by atoms with Gasteiger partial charge in [0.1, 0.15) is 0 Å². The number of rotatable bonds is 5. The average molecular weight is 285 g/mol. The van der Waals surface area contributed by atoms with Gasteiger partial charge in [0.05, 0.1) is 6.42 Å². The molecule has 1 saturated carbocycles. The zero-order chi connectivity index (χ0) is 15.3. The van der Waals surface area contributed by atoms with Gasteiger partial charge in [-0.15, -0.1) is 6.42 Å². The molecule has 2 N–H and O–H groups in total. The number of aliphatic carboxylic acids is 1. The van der Waals surface area contributed by atoms with E-state index in [0.29, 0.717) is 11.3 Å². The van der Waals surface area contributed by atoms with Crippen molar-refractivity contribution in [3.8, 4) is 12.3 Å². The molecular weight excluding hydrogens is 266 g/mol. The molecule has 0 radical (unpaired) electrons. The monoisotopic (exact) mass is 285 g/mol. The Hall–Kier alpha value is -2.28. The van der Waals surface area contributed by atoms with Gasteiger partial charge in [0, 0.05) is 17.7 Å². The number of carbonyl (C=O) groups excluding carboxylic acids is 1. The minimum atomic E-state index is -0.834. The average Bonchev–Trinajstić information content (AvgIpc) is 2.85. The van der Waals surface area contributed by atoms with Crippen molar-refractivity contribution in [2.24, 2.45) is 5.41 Å². The third-order valence-corrected chi connectivity index (χ3v) is 4.04. The van der Waals surface area contributed by atoms with Crippen LogP contribution in [0.1, 0.15) is 44.1 Å². The smallest absolute Gasteiger partial charge is 0.303 e. The number of carboxylic acids is 1. The van der Waals surface area contributed by atoms with E-state index in [4.69, 9.17) is 11.5 Å². The highest BCUT2D eigenvalue weighted by Gasteiger charge is 2.37. The molecule has 2 rings (SSSR count). The zero-order valence-electron chi connectivity index (χ0n) is 11.9. The van der Waals surface area contributed by atoms with Gasteiger partial charge in [-0.3, -0.25) is 9.59 Å². The van der Waals surface area contributed by atoms with Gasteiger partial charge < -0.3 is 10.4 Å². The molecule has 0 aliphatic heterocycles. The second kappa shape index (κ2) is 6.45. The highest BCUT2D eigenvalue weighted by Crippen LogP contribution is 2.44. The Morgan fingerprint density at radius 3 is 2.62 bits per heavy atom. The Kier molecular flexibility index (Phi) is 4.64. The minimum Gasteiger partial charge on any atom is -0.481 e. The lowest BCUT2D eigenvalue weighted by Gasteiger charge is -2.26. The summed E-state index contributed by atoms with van der Waals surface area (Å²) in [4.78, 5) is 23.2. The predicted molar refractivity (Wildman–Crippen MR) is 80.8 cm³/mol. The lowest BCUT2D eigenvalue weighted by molar-refractivity contribution is -0.140. The van der Waals surface area contributed by atoms with Crippen molar-refractivity contribution in [1.29, 1.82) is 0 Å². The molecule has 0 aromatic heterocycles. The van der Waals surface area contributed by atoms with Crippen molar-refractivity contribution in [2.75, 3.05) is 5.32 Å². The van der Waals surface area contributed by atoms with Crippen LogP contribution in [0.15, 0.2) is 24.3 Å². The van der Waals surface area contributed by atoms with Crippen molar-refractivity contribution in [3.05, 3.63) is 29.8 Å². The SMILES string of the molecule is C#Cc1cccc(NC(=O)CC2(CC(=O)O)CCCC2)c1. The van der Waals surface area contributed by atoms with Crippen LogP contribution >= 0.6 is 0 Å². The number of carbonyl (C=O) groups is 2. The summed E-state index contributed by atoms with van der Waals surface area (Å²) in [5, 5.41) is 11.9. The van der Waals surface area contributed by atoms with E-state index in [1.807, 2.05) is 0 Å². The van der Waals surface area contributed by atoms with Gasteiger partial charge in [0.15, 0.2) is 0 Å². The first-order chi connectivity index (χ1) is 10.0. The highest BCUT2D eigenvalue weighted by atomic mass is 16.4. The maximum absolute atomic E-state index is 12.2. The van der Waals surface area contributed by atoms with Crippen LogP contribution in [0.25, 0.3) is 0 Å². The van der Waals surface area contributed by atoms with Crippen LogP contribution in [-0.4, -0.2) is 17.0 Å². The number of hydrogen-bond acceptors (Lipinski definition) is 2. The first kappa shape index (κ1) is 15.1. The third kappa shape index (κ3) is 4.09. The highest BCUT2D eigenvalue weighted by molar-refractivity contribution is 5.91. The van der Waals surface area contributed by atoms with Crippen molar-refractivity contribution >= 4 is 17.6 Å². The van der Waals surface area contributed by atoms with Crippen LogP contribution in [0.2, 0.25) is 0 Å². The Labute approximate surface area is 124 Å². The summed E-state index contributed by atoms with van der Waals surface area (Å²) >= 11 is 0. The van der Waals surface area contributed by atoms with Crippen LogP contribution in [0.4, 0.5) is 5.69 Å². The molecule has 0 saturated heterocycles. The quantitative estimate of drug-likeness (QED) is 0.817. The van der Waals surface area contributed by atoms with Gasteiger partial charge in [-0.2, -0.15) is 0 Å². The second-order valence-electron chi connectivity index (χ2n) is 5.73. The van der Waals surface area contributed by atoms with Crippen LogP contribution in [0.5, 0.6) is 0 Å². The molecule has 0 atom stereocenters. The largest absolute Gasteiger partial charge is 0.481 e. The van der Waals surface area contributed by atoms with Crippen molar-refractivity contribution < 1.29 is 14.7 Å². The van der Waals surface area contributed by atoms with Crippen LogP contribution < -0.4 is 5.32 Å².